The van der Waals surface area contributed by atoms with Gasteiger partial charge in [-0.2, -0.15) is 0 Å². The SMILES string of the molecule is CN(Cc1ccoc1)C(=O)C1[C@@H]2[C@H]3CC[C@H](C3)[C@H]12. The molecule has 5 atom stereocenters. The zero-order valence-electron chi connectivity index (χ0n) is 10.7. The lowest BCUT2D eigenvalue weighted by molar-refractivity contribution is -0.132. The second-order valence-corrected chi connectivity index (χ2v) is 6.34. The van der Waals surface area contributed by atoms with E-state index in [1.165, 1.54) is 19.3 Å². The third-order valence-corrected chi connectivity index (χ3v) is 5.40. The van der Waals surface area contributed by atoms with E-state index in [1.54, 1.807) is 12.5 Å². The van der Waals surface area contributed by atoms with Gasteiger partial charge in [-0.05, 0) is 49.0 Å². The van der Waals surface area contributed by atoms with Gasteiger partial charge in [0.15, 0.2) is 0 Å². The molecule has 96 valence electrons. The van der Waals surface area contributed by atoms with Crippen molar-refractivity contribution >= 4 is 5.91 Å². The summed E-state index contributed by atoms with van der Waals surface area (Å²) in [5.41, 5.74) is 1.08. The molecule has 0 radical (unpaired) electrons. The van der Waals surface area contributed by atoms with Crippen LogP contribution in [0.5, 0.6) is 0 Å². The number of amides is 1. The van der Waals surface area contributed by atoms with E-state index in [-0.39, 0.29) is 0 Å². The quantitative estimate of drug-likeness (QED) is 0.820. The summed E-state index contributed by atoms with van der Waals surface area (Å²) in [6, 6.07) is 1.93. The number of carbonyl (C=O) groups excluding carboxylic acids is 1. The van der Waals surface area contributed by atoms with Crippen LogP contribution >= 0.6 is 0 Å². The van der Waals surface area contributed by atoms with E-state index < -0.39 is 0 Å². The number of hydrogen-bond donors (Lipinski definition) is 0. The topological polar surface area (TPSA) is 33.5 Å². The molecule has 18 heavy (non-hydrogen) atoms. The molecule has 1 heterocycles. The molecule has 0 aliphatic heterocycles. The molecule has 3 heteroatoms. The monoisotopic (exact) mass is 245 g/mol. The summed E-state index contributed by atoms with van der Waals surface area (Å²) < 4.78 is 5.05. The maximum Gasteiger partial charge on any atom is 0.226 e. The summed E-state index contributed by atoms with van der Waals surface area (Å²) in [5, 5.41) is 0. The van der Waals surface area contributed by atoms with E-state index in [4.69, 9.17) is 4.42 Å². The van der Waals surface area contributed by atoms with Crippen LogP contribution in [0.3, 0.4) is 0 Å². The molecule has 4 rings (SSSR count). The van der Waals surface area contributed by atoms with Crippen molar-refractivity contribution in [3.63, 3.8) is 0 Å². The number of nitrogens with zero attached hydrogens (tertiary/aromatic N) is 1. The molecule has 1 unspecified atom stereocenters. The van der Waals surface area contributed by atoms with E-state index >= 15 is 0 Å². The van der Waals surface area contributed by atoms with E-state index in [9.17, 15) is 4.79 Å². The van der Waals surface area contributed by atoms with Crippen molar-refractivity contribution in [1.29, 1.82) is 0 Å². The molecule has 3 nitrogen and oxygen atoms in total. The fourth-order valence-corrected chi connectivity index (χ4v) is 4.64. The van der Waals surface area contributed by atoms with Crippen molar-refractivity contribution < 1.29 is 9.21 Å². The minimum atomic E-state index is 0.355. The van der Waals surface area contributed by atoms with Gasteiger partial charge in [-0.15, -0.1) is 0 Å². The van der Waals surface area contributed by atoms with Gasteiger partial charge in [-0.25, -0.2) is 0 Å². The van der Waals surface area contributed by atoms with Crippen LogP contribution in [0.1, 0.15) is 24.8 Å². The lowest BCUT2D eigenvalue weighted by Gasteiger charge is -2.18. The van der Waals surface area contributed by atoms with Gasteiger partial charge in [0.1, 0.15) is 0 Å². The van der Waals surface area contributed by atoms with Crippen molar-refractivity contribution in [3.8, 4) is 0 Å². The first-order chi connectivity index (χ1) is 8.75. The summed E-state index contributed by atoms with van der Waals surface area (Å²) in [6.07, 6.45) is 7.55. The first-order valence-electron chi connectivity index (χ1n) is 7.02. The van der Waals surface area contributed by atoms with Crippen molar-refractivity contribution in [2.75, 3.05) is 7.05 Å². The smallest absolute Gasteiger partial charge is 0.226 e. The third kappa shape index (κ3) is 1.39. The van der Waals surface area contributed by atoms with Crippen LogP contribution in [-0.2, 0) is 11.3 Å². The van der Waals surface area contributed by atoms with Gasteiger partial charge < -0.3 is 9.32 Å². The van der Waals surface area contributed by atoms with E-state index in [2.05, 4.69) is 0 Å². The molecular weight excluding hydrogens is 226 g/mol. The van der Waals surface area contributed by atoms with E-state index in [0.717, 1.165) is 29.2 Å². The number of carbonyl (C=O) groups is 1. The van der Waals surface area contributed by atoms with Gasteiger partial charge in [0, 0.05) is 25.1 Å². The Hall–Kier alpha value is -1.25. The molecule has 3 fully saturated rings. The van der Waals surface area contributed by atoms with Gasteiger partial charge in [-0.3, -0.25) is 4.79 Å². The van der Waals surface area contributed by atoms with Crippen LogP contribution in [-0.4, -0.2) is 17.9 Å². The van der Waals surface area contributed by atoms with Crippen LogP contribution in [0.4, 0.5) is 0 Å². The fraction of sp³-hybridized carbons (Fsp3) is 0.667. The summed E-state index contributed by atoms with van der Waals surface area (Å²) in [6.45, 7) is 0.681. The number of rotatable bonds is 3. The Morgan fingerprint density at radius 2 is 2.11 bits per heavy atom. The van der Waals surface area contributed by atoms with Gasteiger partial charge in [-0.1, -0.05) is 0 Å². The summed E-state index contributed by atoms with van der Waals surface area (Å²) >= 11 is 0. The molecule has 1 amide bonds. The highest BCUT2D eigenvalue weighted by atomic mass is 16.3. The molecular formula is C15H19NO2. The van der Waals surface area contributed by atoms with Crippen molar-refractivity contribution in [1.82, 2.24) is 4.90 Å². The highest BCUT2D eigenvalue weighted by Crippen LogP contribution is 2.69. The molecule has 2 bridgehead atoms. The Labute approximate surface area is 107 Å². The standard InChI is InChI=1S/C15H19NO2/c1-16(7-9-4-5-18-8-9)15(17)14-12-10-2-3-11(6-10)13(12)14/h4-5,8,10-14H,2-3,6-7H2,1H3/t10-,11+,12+,13-,14?. The minimum Gasteiger partial charge on any atom is -0.472 e. The molecule has 3 aliphatic rings. The summed E-state index contributed by atoms with van der Waals surface area (Å²) in [5.74, 6) is 3.94. The van der Waals surface area contributed by atoms with Crippen molar-refractivity contribution in [2.45, 2.75) is 25.8 Å². The van der Waals surface area contributed by atoms with Crippen molar-refractivity contribution in [3.05, 3.63) is 24.2 Å². The molecule has 0 aromatic carbocycles. The minimum absolute atomic E-state index is 0.355. The zero-order valence-corrected chi connectivity index (χ0v) is 10.7. The van der Waals surface area contributed by atoms with Crippen molar-refractivity contribution in [2.24, 2.45) is 29.6 Å². The predicted molar refractivity (Wildman–Crippen MR) is 66.5 cm³/mol. The molecule has 0 saturated heterocycles. The molecule has 1 aromatic heterocycles. The number of hydrogen-bond acceptors (Lipinski definition) is 2. The van der Waals surface area contributed by atoms with Crippen LogP contribution in [0.15, 0.2) is 23.0 Å². The van der Waals surface area contributed by atoms with Crippen LogP contribution in [0.2, 0.25) is 0 Å². The Morgan fingerprint density at radius 3 is 2.72 bits per heavy atom. The predicted octanol–water partition coefficient (Wildman–Crippen LogP) is 2.53. The van der Waals surface area contributed by atoms with E-state index in [1.807, 2.05) is 18.0 Å². The summed E-state index contributed by atoms with van der Waals surface area (Å²) in [4.78, 5) is 14.3. The van der Waals surface area contributed by atoms with Gasteiger partial charge in [0.25, 0.3) is 0 Å². The average Bonchev–Trinajstić information content (AvgIpc) is 2.81. The molecule has 0 N–H and O–H groups in total. The molecule has 1 aromatic rings. The largest absolute Gasteiger partial charge is 0.472 e. The Bertz CT molecular complexity index is 451. The first kappa shape index (κ1) is 10.7. The van der Waals surface area contributed by atoms with E-state index in [0.29, 0.717) is 18.4 Å². The lowest BCUT2D eigenvalue weighted by atomic mass is 10.0. The summed E-state index contributed by atoms with van der Waals surface area (Å²) in [7, 11) is 1.92. The zero-order chi connectivity index (χ0) is 12.3. The number of furan rings is 1. The second kappa shape index (κ2) is 3.62. The maximum atomic E-state index is 12.5. The van der Waals surface area contributed by atoms with Crippen LogP contribution in [0.25, 0.3) is 0 Å². The third-order valence-electron chi connectivity index (χ3n) is 5.40. The highest BCUT2D eigenvalue weighted by Gasteiger charge is 2.67. The Balaban J connectivity index is 1.43. The molecule has 3 saturated carbocycles. The normalized spacial score (nSPS) is 39.7. The number of fused-ring (bicyclic) bond motifs is 5. The average molecular weight is 245 g/mol. The maximum absolute atomic E-state index is 12.5. The Kier molecular flexibility index (Phi) is 2.14. The first-order valence-corrected chi connectivity index (χ1v) is 7.02. The lowest BCUT2D eigenvalue weighted by Crippen LogP contribution is -2.29. The van der Waals surface area contributed by atoms with Crippen LogP contribution in [0, 0.1) is 29.6 Å². The van der Waals surface area contributed by atoms with Gasteiger partial charge >= 0.3 is 0 Å². The Morgan fingerprint density at radius 1 is 1.39 bits per heavy atom. The van der Waals surface area contributed by atoms with Gasteiger partial charge in [0.05, 0.1) is 12.5 Å². The highest BCUT2D eigenvalue weighted by molar-refractivity contribution is 5.82. The fourth-order valence-electron chi connectivity index (χ4n) is 4.64. The van der Waals surface area contributed by atoms with Gasteiger partial charge in [0.2, 0.25) is 5.91 Å². The molecule has 0 spiro atoms. The van der Waals surface area contributed by atoms with Crippen LogP contribution < -0.4 is 0 Å². The second-order valence-electron chi connectivity index (χ2n) is 6.34. The molecule has 3 aliphatic carbocycles.